The van der Waals surface area contributed by atoms with Gasteiger partial charge in [0.1, 0.15) is 18.8 Å². The Labute approximate surface area is 200 Å². The van der Waals surface area contributed by atoms with E-state index in [0.717, 1.165) is 19.4 Å². The van der Waals surface area contributed by atoms with Crippen molar-refractivity contribution >= 4 is 17.9 Å². The Bertz CT molecular complexity index is 1170. The number of benzene rings is 1. The fraction of sp³-hybridized carbons (Fsp3) is 0.435. The van der Waals surface area contributed by atoms with Crippen LogP contribution in [0.3, 0.4) is 0 Å². The summed E-state index contributed by atoms with van der Waals surface area (Å²) in [6.07, 6.45) is -3.31. The third kappa shape index (κ3) is 6.87. The number of esters is 3. The molecule has 4 atom stereocenters. The largest absolute Gasteiger partial charge is 0.463 e. The molecular formula is C23H27N3O9. The van der Waals surface area contributed by atoms with Crippen molar-refractivity contribution in [3.63, 3.8) is 0 Å². The lowest BCUT2D eigenvalue weighted by Crippen LogP contribution is -2.41. The number of carbonyl (C=O) groups excluding carboxylic acids is 3. The van der Waals surface area contributed by atoms with Gasteiger partial charge in [-0.3, -0.25) is 34.0 Å². The molecule has 2 heterocycles. The third-order valence-corrected chi connectivity index (χ3v) is 5.16. The first kappa shape index (κ1) is 25.8. The Kier molecular flexibility index (Phi) is 8.55. The first-order valence-electron chi connectivity index (χ1n) is 10.9. The molecule has 1 aromatic carbocycles. The van der Waals surface area contributed by atoms with Crippen LogP contribution in [0.1, 0.15) is 38.0 Å². The molecule has 12 heteroatoms. The Morgan fingerprint density at radius 1 is 1.00 bits per heavy atom. The van der Waals surface area contributed by atoms with Gasteiger partial charge in [-0.05, 0) is 5.56 Å². The Morgan fingerprint density at radius 3 is 2.29 bits per heavy atom. The maximum Gasteiger partial charge on any atom is 0.329 e. The zero-order valence-electron chi connectivity index (χ0n) is 19.5. The Morgan fingerprint density at radius 2 is 1.66 bits per heavy atom. The number of aromatic amines is 1. The molecule has 1 aliphatic heterocycles. The second-order valence-corrected chi connectivity index (χ2v) is 7.93. The minimum absolute atomic E-state index is 0.0279. The molecule has 3 rings (SSSR count). The van der Waals surface area contributed by atoms with E-state index < -0.39 is 53.6 Å². The van der Waals surface area contributed by atoms with Crippen LogP contribution in [-0.4, -0.2) is 52.4 Å². The Hall–Kier alpha value is -3.77. The summed E-state index contributed by atoms with van der Waals surface area (Å²) in [6, 6.07) is 9.51. The lowest BCUT2D eigenvalue weighted by atomic mass is 10.0. The van der Waals surface area contributed by atoms with E-state index in [0.29, 0.717) is 6.54 Å². The number of hydrogen-bond donors (Lipinski definition) is 2. The summed E-state index contributed by atoms with van der Waals surface area (Å²) < 4.78 is 22.8. The third-order valence-electron chi connectivity index (χ3n) is 5.16. The summed E-state index contributed by atoms with van der Waals surface area (Å²) in [5.74, 6) is -1.99. The molecule has 0 spiro atoms. The van der Waals surface area contributed by atoms with Crippen LogP contribution in [0.25, 0.3) is 0 Å². The molecule has 1 aromatic heterocycles. The van der Waals surface area contributed by atoms with Crippen LogP contribution in [0.15, 0.2) is 46.1 Å². The van der Waals surface area contributed by atoms with Gasteiger partial charge in [0, 0.05) is 33.5 Å². The number of nitrogens with zero attached hydrogens (tertiary/aromatic N) is 1. The zero-order chi connectivity index (χ0) is 25.5. The molecule has 0 radical (unpaired) electrons. The van der Waals surface area contributed by atoms with Gasteiger partial charge >= 0.3 is 23.6 Å². The van der Waals surface area contributed by atoms with Crippen LogP contribution < -0.4 is 16.6 Å². The number of aromatic nitrogens is 2. The van der Waals surface area contributed by atoms with E-state index in [9.17, 15) is 24.0 Å². The first-order chi connectivity index (χ1) is 16.7. The Balaban J connectivity index is 1.90. The molecule has 2 unspecified atom stereocenters. The van der Waals surface area contributed by atoms with Gasteiger partial charge < -0.3 is 18.9 Å². The van der Waals surface area contributed by atoms with Crippen molar-refractivity contribution in [2.75, 3.05) is 6.61 Å². The van der Waals surface area contributed by atoms with Crippen molar-refractivity contribution in [3.05, 3.63) is 68.5 Å². The van der Waals surface area contributed by atoms with Crippen molar-refractivity contribution in [2.24, 2.45) is 0 Å². The number of hydrogen-bond acceptors (Lipinski definition) is 10. The van der Waals surface area contributed by atoms with Crippen LogP contribution in [-0.2, 0) is 46.5 Å². The molecule has 188 valence electrons. The molecule has 0 bridgehead atoms. The highest BCUT2D eigenvalue weighted by Crippen LogP contribution is 2.36. The van der Waals surface area contributed by atoms with Crippen molar-refractivity contribution in [3.8, 4) is 0 Å². The van der Waals surface area contributed by atoms with Gasteiger partial charge in [-0.15, -0.1) is 0 Å². The van der Waals surface area contributed by atoms with Gasteiger partial charge in [0.15, 0.2) is 12.2 Å². The zero-order valence-corrected chi connectivity index (χ0v) is 19.5. The molecule has 0 aliphatic carbocycles. The number of carbonyl (C=O) groups is 3. The van der Waals surface area contributed by atoms with E-state index in [1.54, 1.807) is 0 Å². The number of ether oxygens (including phenoxy) is 4. The van der Waals surface area contributed by atoms with Crippen molar-refractivity contribution in [1.82, 2.24) is 14.9 Å². The minimum Gasteiger partial charge on any atom is -0.463 e. The quantitative estimate of drug-likeness (QED) is 0.367. The van der Waals surface area contributed by atoms with E-state index in [1.807, 2.05) is 30.3 Å². The molecule has 0 saturated carbocycles. The average Bonchev–Trinajstić information content (AvgIpc) is 3.10. The topological polar surface area (TPSA) is 155 Å². The molecule has 2 N–H and O–H groups in total. The normalized spacial score (nSPS) is 21.3. The molecular weight excluding hydrogens is 462 g/mol. The predicted octanol–water partition coefficient (Wildman–Crippen LogP) is 0.150. The van der Waals surface area contributed by atoms with Crippen LogP contribution in [0, 0.1) is 0 Å². The first-order valence-corrected chi connectivity index (χ1v) is 10.9. The highest BCUT2D eigenvalue weighted by atomic mass is 16.6. The van der Waals surface area contributed by atoms with Crippen molar-refractivity contribution < 1.29 is 33.3 Å². The molecule has 1 fully saturated rings. The SMILES string of the molecule is CC(=O)OC[C@H]1O[C@@H](c2cn(CNCc3ccccc3)c(=O)[nH]c2=O)C(OC(C)=O)C1OC(C)=O. The van der Waals surface area contributed by atoms with Crippen molar-refractivity contribution in [2.45, 2.75) is 58.4 Å². The fourth-order valence-corrected chi connectivity index (χ4v) is 3.73. The molecule has 1 saturated heterocycles. The van der Waals surface area contributed by atoms with Crippen LogP contribution in [0.2, 0.25) is 0 Å². The molecule has 2 aromatic rings. The molecule has 35 heavy (non-hydrogen) atoms. The van der Waals surface area contributed by atoms with Crippen LogP contribution in [0.4, 0.5) is 0 Å². The van der Waals surface area contributed by atoms with Crippen LogP contribution >= 0.6 is 0 Å². The fourth-order valence-electron chi connectivity index (χ4n) is 3.73. The summed E-state index contributed by atoms with van der Waals surface area (Å²) in [5, 5.41) is 3.10. The smallest absolute Gasteiger partial charge is 0.329 e. The van der Waals surface area contributed by atoms with E-state index >= 15 is 0 Å². The summed E-state index contributed by atoms with van der Waals surface area (Å²) in [4.78, 5) is 62.1. The standard InChI is InChI=1S/C23H27N3O9/c1-13(27)32-11-18-20(33-14(2)28)21(34-15(3)29)19(35-18)17-10-26(23(31)25-22(17)30)12-24-9-16-7-5-4-6-8-16/h4-8,10,18-21,24H,9,11-12H2,1-3H3,(H,25,30,31)/t18-,19+,20?,21?/m1/s1. The lowest BCUT2D eigenvalue weighted by Gasteiger charge is -2.23. The van der Waals surface area contributed by atoms with Gasteiger partial charge in [-0.25, -0.2) is 4.79 Å². The van der Waals surface area contributed by atoms with Crippen molar-refractivity contribution in [1.29, 1.82) is 0 Å². The number of nitrogens with one attached hydrogen (secondary N) is 2. The van der Waals surface area contributed by atoms with Gasteiger partial charge in [0.2, 0.25) is 0 Å². The molecule has 1 aliphatic rings. The average molecular weight is 489 g/mol. The van der Waals surface area contributed by atoms with Gasteiger partial charge in [-0.2, -0.15) is 0 Å². The molecule has 0 amide bonds. The van der Waals surface area contributed by atoms with Crippen LogP contribution in [0.5, 0.6) is 0 Å². The maximum atomic E-state index is 12.7. The predicted molar refractivity (Wildman–Crippen MR) is 120 cm³/mol. The summed E-state index contributed by atoms with van der Waals surface area (Å²) >= 11 is 0. The number of H-pyrrole nitrogens is 1. The highest BCUT2D eigenvalue weighted by Gasteiger charge is 2.51. The summed E-state index contributed by atoms with van der Waals surface area (Å²) in [7, 11) is 0. The van der Waals surface area contributed by atoms with E-state index in [4.69, 9.17) is 18.9 Å². The number of rotatable bonds is 9. The lowest BCUT2D eigenvalue weighted by molar-refractivity contribution is -0.165. The van der Waals surface area contributed by atoms with E-state index in [1.165, 1.54) is 17.7 Å². The monoisotopic (exact) mass is 489 g/mol. The van der Waals surface area contributed by atoms with E-state index in [-0.39, 0.29) is 18.8 Å². The van der Waals surface area contributed by atoms with E-state index in [2.05, 4.69) is 10.3 Å². The van der Waals surface area contributed by atoms with Gasteiger partial charge in [0.25, 0.3) is 5.56 Å². The molecule has 12 nitrogen and oxygen atoms in total. The highest BCUT2D eigenvalue weighted by molar-refractivity contribution is 5.68. The van der Waals surface area contributed by atoms with Gasteiger partial charge in [-0.1, -0.05) is 30.3 Å². The summed E-state index contributed by atoms with van der Waals surface area (Å²) in [6.45, 7) is 3.73. The maximum absolute atomic E-state index is 12.7. The van der Waals surface area contributed by atoms with Gasteiger partial charge in [0.05, 0.1) is 12.2 Å². The second kappa shape index (κ2) is 11.6. The second-order valence-electron chi connectivity index (χ2n) is 7.93. The summed E-state index contributed by atoms with van der Waals surface area (Å²) in [5.41, 5.74) is -0.447. The minimum atomic E-state index is -1.22.